The van der Waals surface area contributed by atoms with E-state index in [0.29, 0.717) is 5.56 Å². The average Bonchev–Trinajstić information content (AvgIpc) is 3.05. The summed E-state index contributed by atoms with van der Waals surface area (Å²) >= 11 is 3.28. The molecule has 1 fully saturated rings. The molecule has 1 aliphatic rings. The summed E-state index contributed by atoms with van der Waals surface area (Å²) in [5.74, 6) is -1.18. The molecule has 0 atom stereocenters. The van der Waals surface area contributed by atoms with Gasteiger partial charge in [0.25, 0.3) is 11.8 Å². The summed E-state index contributed by atoms with van der Waals surface area (Å²) < 4.78 is 5.73. The van der Waals surface area contributed by atoms with Crippen LogP contribution in [-0.4, -0.2) is 48.9 Å². The van der Waals surface area contributed by atoms with Gasteiger partial charge in [0.05, 0.1) is 0 Å². The summed E-state index contributed by atoms with van der Waals surface area (Å²) in [6, 6.07) is 6.76. The van der Waals surface area contributed by atoms with Crippen LogP contribution in [0.5, 0.6) is 0 Å². The maximum Gasteiger partial charge on any atom is 0.325 e. The molecule has 1 saturated heterocycles. The van der Waals surface area contributed by atoms with Gasteiger partial charge in [0.1, 0.15) is 6.54 Å². The zero-order chi connectivity index (χ0) is 15.9. The molecule has 6 nitrogen and oxygen atoms in total. The van der Waals surface area contributed by atoms with Crippen molar-refractivity contribution in [2.45, 2.75) is 12.8 Å². The lowest BCUT2D eigenvalue weighted by atomic mass is 10.2. The molecule has 2 rings (SSSR count). The van der Waals surface area contributed by atoms with Gasteiger partial charge in [0, 0.05) is 23.1 Å². The minimum absolute atomic E-state index is 0.190. The third-order valence-electron chi connectivity index (χ3n) is 3.32. The fourth-order valence-corrected chi connectivity index (χ4v) is 2.37. The summed E-state index contributed by atoms with van der Waals surface area (Å²) in [5, 5.41) is 2.46. The second-order valence-electron chi connectivity index (χ2n) is 4.94. The van der Waals surface area contributed by atoms with E-state index in [0.717, 1.165) is 30.4 Å². The Morgan fingerprint density at radius 3 is 2.41 bits per heavy atom. The first-order valence-corrected chi connectivity index (χ1v) is 7.83. The second kappa shape index (κ2) is 7.93. The van der Waals surface area contributed by atoms with E-state index in [4.69, 9.17) is 4.74 Å². The van der Waals surface area contributed by atoms with Gasteiger partial charge >= 0.3 is 5.97 Å². The maximum absolute atomic E-state index is 11.8. The van der Waals surface area contributed by atoms with E-state index in [9.17, 15) is 14.4 Å². The van der Waals surface area contributed by atoms with Gasteiger partial charge in [0.2, 0.25) is 0 Å². The molecule has 2 amide bonds. The lowest BCUT2D eigenvalue weighted by Crippen LogP contribution is -2.35. The molecule has 1 aliphatic heterocycles. The number of nitrogens with one attached hydrogen (secondary N) is 1. The zero-order valence-corrected chi connectivity index (χ0v) is 13.6. The van der Waals surface area contributed by atoms with Gasteiger partial charge in [-0.2, -0.15) is 0 Å². The molecule has 0 spiro atoms. The lowest BCUT2D eigenvalue weighted by molar-refractivity contribution is -0.150. The summed E-state index contributed by atoms with van der Waals surface area (Å²) in [6.45, 7) is 0.905. The van der Waals surface area contributed by atoms with Crippen molar-refractivity contribution >= 4 is 33.7 Å². The standard InChI is InChI=1S/C15H17BrN2O4/c16-12-5-3-11(4-6-12)15(21)17-9-14(20)22-10-13(19)18-7-1-2-8-18/h3-6H,1-2,7-10H2,(H,17,21). The van der Waals surface area contributed by atoms with E-state index in [1.807, 2.05) is 0 Å². The number of benzene rings is 1. The van der Waals surface area contributed by atoms with Gasteiger partial charge in [0.15, 0.2) is 6.61 Å². The summed E-state index contributed by atoms with van der Waals surface area (Å²) in [7, 11) is 0. The second-order valence-corrected chi connectivity index (χ2v) is 5.85. The van der Waals surface area contributed by atoms with Crippen molar-refractivity contribution in [3.8, 4) is 0 Å². The molecule has 1 aromatic carbocycles. The van der Waals surface area contributed by atoms with Crippen LogP contribution in [0.4, 0.5) is 0 Å². The average molecular weight is 369 g/mol. The monoisotopic (exact) mass is 368 g/mol. The molecule has 0 radical (unpaired) electrons. The number of halogens is 1. The molecule has 0 aromatic heterocycles. The zero-order valence-electron chi connectivity index (χ0n) is 12.0. The predicted octanol–water partition coefficient (Wildman–Crippen LogP) is 1.34. The van der Waals surface area contributed by atoms with Gasteiger partial charge < -0.3 is 15.0 Å². The van der Waals surface area contributed by atoms with Crippen LogP contribution >= 0.6 is 15.9 Å². The molecule has 0 unspecified atom stereocenters. The normalized spacial score (nSPS) is 13.8. The summed E-state index contributed by atoms with van der Waals surface area (Å²) in [4.78, 5) is 36.7. The van der Waals surface area contributed by atoms with Crippen LogP contribution in [-0.2, 0) is 14.3 Å². The number of carbonyl (C=O) groups excluding carboxylic acids is 3. The maximum atomic E-state index is 11.8. The highest BCUT2D eigenvalue weighted by atomic mass is 79.9. The van der Waals surface area contributed by atoms with E-state index in [1.165, 1.54) is 0 Å². The highest BCUT2D eigenvalue weighted by Crippen LogP contribution is 2.10. The molecule has 0 aliphatic carbocycles. The predicted molar refractivity (Wildman–Crippen MR) is 83.2 cm³/mol. The number of esters is 1. The van der Waals surface area contributed by atoms with Crippen molar-refractivity contribution in [3.63, 3.8) is 0 Å². The number of hydrogen-bond acceptors (Lipinski definition) is 4. The van der Waals surface area contributed by atoms with Crippen molar-refractivity contribution in [1.82, 2.24) is 10.2 Å². The van der Waals surface area contributed by atoms with Crippen molar-refractivity contribution < 1.29 is 19.1 Å². The Bertz CT molecular complexity index is 553. The molecule has 1 N–H and O–H groups in total. The Balaban J connectivity index is 1.69. The van der Waals surface area contributed by atoms with Gasteiger partial charge in [-0.3, -0.25) is 14.4 Å². The Morgan fingerprint density at radius 2 is 1.77 bits per heavy atom. The number of amides is 2. The van der Waals surface area contributed by atoms with E-state index >= 15 is 0 Å². The first-order valence-electron chi connectivity index (χ1n) is 7.03. The van der Waals surface area contributed by atoms with Crippen LogP contribution in [0, 0.1) is 0 Å². The van der Waals surface area contributed by atoms with Gasteiger partial charge in [-0.25, -0.2) is 0 Å². The molecular formula is C15H17BrN2O4. The van der Waals surface area contributed by atoms with Crippen molar-refractivity contribution in [1.29, 1.82) is 0 Å². The van der Waals surface area contributed by atoms with Crippen LogP contribution in [0.2, 0.25) is 0 Å². The number of nitrogens with zero attached hydrogens (tertiary/aromatic N) is 1. The Labute approximate surface area is 136 Å². The Hall–Kier alpha value is -1.89. The van der Waals surface area contributed by atoms with E-state index < -0.39 is 5.97 Å². The largest absolute Gasteiger partial charge is 0.454 e. The van der Waals surface area contributed by atoms with E-state index in [-0.39, 0.29) is 25.0 Å². The molecule has 1 heterocycles. The molecule has 118 valence electrons. The number of hydrogen-bond donors (Lipinski definition) is 1. The first-order chi connectivity index (χ1) is 10.6. The van der Waals surface area contributed by atoms with Gasteiger partial charge in [-0.15, -0.1) is 0 Å². The van der Waals surface area contributed by atoms with Crippen molar-refractivity contribution in [3.05, 3.63) is 34.3 Å². The molecule has 0 bridgehead atoms. The van der Waals surface area contributed by atoms with Crippen LogP contribution in [0.3, 0.4) is 0 Å². The first kappa shape index (κ1) is 16.5. The highest BCUT2D eigenvalue weighted by Gasteiger charge is 2.19. The van der Waals surface area contributed by atoms with E-state index in [2.05, 4.69) is 21.2 Å². The number of carbonyl (C=O) groups is 3. The molecular weight excluding hydrogens is 352 g/mol. The molecule has 7 heteroatoms. The SMILES string of the molecule is O=C(CNC(=O)c1ccc(Br)cc1)OCC(=O)N1CCCC1. The number of rotatable bonds is 5. The number of likely N-dealkylation sites (tertiary alicyclic amines) is 1. The summed E-state index contributed by atoms with van der Waals surface area (Å²) in [5.41, 5.74) is 0.448. The Morgan fingerprint density at radius 1 is 1.14 bits per heavy atom. The fraction of sp³-hybridized carbons (Fsp3) is 0.400. The quantitative estimate of drug-likeness (QED) is 0.795. The minimum Gasteiger partial charge on any atom is -0.454 e. The molecule has 22 heavy (non-hydrogen) atoms. The third-order valence-corrected chi connectivity index (χ3v) is 3.84. The van der Waals surface area contributed by atoms with Crippen LogP contribution in [0.1, 0.15) is 23.2 Å². The topological polar surface area (TPSA) is 75.7 Å². The van der Waals surface area contributed by atoms with Crippen molar-refractivity contribution in [2.24, 2.45) is 0 Å². The molecule has 1 aromatic rings. The summed E-state index contributed by atoms with van der Waals surface area (Å²) in [6.07, 6.45) is 1.98. The third kappa shape index (κ3) is 4.84. The Kier molecular flexibility index (Phi) is 5.94. The minimum atomic E-state index is -0.627. The highest BCUT2D eigenvalue weighted by molar-refractivity contribution is 9.10. The van der Waals surface area contributed by atoms with E-state index in [1.54, 1.807) is 29.2 Å². The van der Waals surface area contributed by atoms with Gasteiger partial charge in [-0.05, 0) is 37.1 Å². The smallest absolute Gasteiger partial charge is 0.325 e. The number of ether oxygens (including phenoxy) is 1. The van der Waals surface area contributed by atoms with Crippen LogP contribution < -0.4 is 5.32 Å². The lowest BCUT2D eigenvalue weighted by Gasteiger charge is -2.14. The van der Waals surface area contributed by atoms with Gasteiger partial charge in [-0.1, -0.05) is 15.9 Å². The van der Waals surface area contributed by atoms with Crippen LogP contribution in [0.25, 0.3) is 0 Å². The fourth-order valence-electron chi connectivity index (χ4n) is 2.11. The van der Waals surface area contributed by atoms with Crippen LogP contribution in [0.15, 0.2) is 28.7 Å². The van der Waals surface area contributed by atoms with Crippen molar-refractivity contribution in [2.75, 3.05) is 26.2 Å². The molecule has 0 saturated carbocycles.